The minimum Gasteiger partial charge on any atom is -0.336 e. The molecule has 0 unspecified atom stereocenters. The first-order valence-corrected chi connectivity index (χ1v) is 10.7. The van der Waals surface area contributed by atoms with Gasteiger partial charge in [0.25, 0.3) is 10.0 Å². The fourth-order valence-corrected chi connectivity index (χ4v) is 4.11. The molecule has 7 heteroatoms. The summed E-state index contributed by atoms with van der Waals surface area (Å²) >= 11 is 0. The number of rotatable bonds is 8. The van der Waals surface area contributed by atoms with E-state index in [1.165, 1.54) is 30.5 Å². The fourth-order valence-electron chi connectivity index (χ4n) is 3.06. The number of nitrogens with one attached hydrogen (secondary N) is 2. The van der Waals surface area contributed by atoms with Crippen LogP contribution in [0.4, 0.5) is 16.2 Å². The zero-order chi connectivity index (χ0) is 19.3. The van der Waals surface area contributed by atoms with Gasteiger partial charge in [-0.25, -0.2) is 13.2 Å². The van der Waals surface area contributed by atoms with Crippen LogP contribution in [0.2, 0.25) is 0 Å². The van der Waals surface area contributed by atoms with Gasteiger partial charge in [-0.05, 0) is 54.8 Å². The van der Waals surface area contributed by atoms with Gasteiger partial charge in [-0.15, -0.1) is 0 Å². The second kappa shape index (κ2) is 8.43. The van der Waals surface area contributed by atoms with E-state index in [2.05, 4.69) is 17.0 Å². The molecule has 0 radical (unpaired) electrons. The topological polar surface area (TPSA) is 78.5 Å². The molecule has 1 aliphatic rings. The number of nitrogens with zero attached hydrogens (tertiary/aromatic N) is 1. The molecular weight excluding hydrogens is 362 g/mol. The number of carbonyl (C=O) groups is 1. The van der Waals surface area contributed by atoms with Crippen molar-refractivity contribution >= 4 is 27.4 Å². The van der Waals surface area contributed by atoms with Gasteiger partial charge in [0, 0.05) is 24.5 Å². The van der Waals surface area contributed by atoms with Gasteiger partial charge >= 0.3 is 6.03 Å². The highest BCUT2D eigenvalue weighted by Crippen LogP contribution is 2.22. The number of hydrogen-bond acceptors (Lipinski definition) is 3. The smallest absolute Gasteiger partial charge is 0.321 e. The van der Waals surface area contributed by atoms with Crippen LogP contribution in [0.25, 0.3) is 0 Å². The van der Waals surface area contributed by atoms with Crippen LogP contribution in [0.1, 0.15) is 31.7 Å². The summed E-state index contributed by atoms with van der Waals surface area (Å²) in [6.45, 7) is 3.34. The Hall–Kier alpha value is -2.54. The van der Waals surface area contributed by atoms with E-state index >= 15 is 0 Å². The van der Waals surface area contributed by atoms with Crippen LogP contribution in [0.5, 0.6) is 0 Å². The summed E-state index contributed by atoms with van der Waals surface area (Å²) in [5.74, 6) is 0. The highest BCUT2D eigenvalue weighted by molar-refractivity contribution is 7.92. The Morgan fingerprint density at radius 3 is 2.33 bits per heavy atom. The molecular formula is C20H25N3O3S. The van der Waals surface area contributed by atoms with Crippen molar-refractivity contribution in [2.24, 2.45) is 0 Å². The van der Waals surface area contributed by atoms with Crippen LogP contribution in [0.15, 0.2) is 53.4 Å². The molecule has 0 saturated carbocycles. The number of urea groups is 1. The van der Waals surface area contributed by atoms with E-state index in [4.69, 9.17) is 0 Å². The molecule has 144 valence electrons. The van der Waals surface area contributed by atoms with Crippen molar-refractivity contribution in [3.05, 3.63) is 54.1 Å². The molecule has 2 aromatic rings. The van der Waals surface area contributed by atoms with Crippen molar-refractivity contribution in [3.63, 3.8) is 0 Å². The quantitative estimate of drug-likeness (QED) is 0.677. The van der Waals surface area contributed by atoms with Crippen LogP contribution >= 0.6 is 0 Å². The van der Waals surface area contributed by atoms with Crippen molar-refractivity contribution in [3.8, 4) is 0 Å². The van der Waals surface area contributed by atoms with E-state index in [0.717, 1.165) is 12.8 Å². The first-order chi connectivity index (χ1) is 13.0. The summed E-state index contributed by atoms with van der Waals surface area (Å²) in [6, 6.07) is 13.7. The maximum absolute atomic E-state index is 12.6. The molecule has 1 saturated heterocycles. The molecule has 0 spiro atoms. The van der Waals surface area contributed by atoms with Crippen LogP contribution in [-0.4, -0.2) is 27.5 Å². The average Bonchev–Trinajstić information content (AvgIpc) is 3.09. The van der Waals surface area contributed by atoms with Crippen molar-refractivity contribution < 1.29 is 13.2 Å². The van der Waals surface area contributed by atoms with Crippen LogP contribution in [-0.2, 0) is 16.4 Å². The summed E-state index contributed by atoms with van der Waals surface area (Å²) in [5, 5.41) is 2.72. The second-order valence-corrected chi connectivity index (χ2v) is 8.32. The molecule has 6 nitrogen and oxygen atoms in total. The van der Waals surface area contributed by atoms with Crippen molar-refractivity contribution in [1.82, 2.24) is 5.32 Å². The van der Waals surface area contributed by atoms with E-state index in [-0.39, 0.29) is 10.9 Å². The van der Waals surface area contributed by atoms with Gasteiger partial charge in [0.1, 0.15) is 0 Å². The summed E-state index contributed by atoms with van der Waals surface area (Å²) < 4.78 is 27.8. The minimum absolute atomic E-state index is 0.164. The fraction of sp³-hybridized carbons (Fsp3) is 0.350. The number of benzene rings is 2. The third-order valence-electron chi connectivity index (χ3n) is 4.59. The van der Waals surface area contributed by atoms with Crippen LogP contribution in [0, 0.1) is 0 Å². The maximum Gasteiger partial charge on any atom is 0.321 e. The molecule has 2 N–H and O–H groups in total. The summed E-state index contributed by atoms with van der Waals surface area (Å²) in [7, 11) is -3.67. The number of aryl methyl sites for hydroxylation is 1. The summed E-state index contributed by atoms with van der Waals surface area (Å²) in [5.41, 5.74) is 2.43. The molecule has 2 aromatic carbocycles. The predicted octanol–water partition coefficient (Wildman–Crippen LogP) is 3.75. The lowest BCUT2D eigenvalue weighted by atomic mass is 10.1. The Kier molecular flexibility index (Phi) is 6.01. The zero-order valence-electron chi connectivity index (χ0n) is 15.4. The second-order valence-electron chi connectivity index (χ2n) is 6.64. The first kappa shape index (κ1) is 19.2. The summed E-state index contributed by atoms with van der Waals surface area (Å²) in [4.78, 5) is 13.4. The molecule has 3 rings (SSSR count). The van der Waals surface area contributed by atoms with E-state index in [1.54, 1.807) is 29.2 Å². The lowest BCUT2D eigenvalue weighted by Gasteiger charge is -2.15. The van der Waals surface area contributed by atoms with Crippen LogP contribution in [0.3, 0.4) is 0 Å². The Labute approximate surface area is 160 Å². The van der Waals surface area contributed by atoms with E-state index in [0.29, 0.717) is 24.5 Å². The Morgan fingerprint density at radius 1 is 1.04 bits per heavy atom. The highest BCUT2D eigenvalue weighted by atomic mass is 32.2. The Bertz CT molecular complexity index is 878. The SMILES string of the molecule is CCCCCc1ccc(NS(=O)(=O)c2ccc(N3CCNC3=O)cc2)cc1. The standard InChI is InChI=1S/C20H25N3O3S/c1-2-3-4-5-16-6-8-17(9-7-16)22-27(25,26)19-12-10-18(11-13-19)23-15-14-21-20(23)24/h6-13,22H,2-5,14-15H2,1H3,(H,21,24). The molecule has 0 bridgehead atoms. The first-order valence-electron chi connectivity index (χ1n) is 9.27. The molecule has 1 fully saturated rings. The molecule has 0 aromatic heterocycles. The van der Waals surface area contributed by atoms with Gasteiger partial charge < -0.3 is 5.32 Å². The number of hydrogen-bond donors (Lipinski definition) is 2. The molecule has 27 heavy (non-hydrogen) atoms. The number of carbonyl (C=O) groups excluding carboxylic acids is 1. The predicted molar refractivity (Wildman–Crippen MR) is 108 cm³/mol. The van der Waals surface area contributed by atoms with Gasteiger partial charge in [-0.1, -0.05) is 31.9 Å². The third kappa shape index (κ3) is 4.80. The number of amides is 2. The monoisotopic (exact) mass is 387 g/mol. The molecule has 1 aliphatic heterocycles. The number of unbranched alkanes of at least 4 members (excludes halogenated alkanes) is 2. The maximum atomic E-state index is 12.6. The third-order valence-corrected chi connectivity index (χ3v) is 5.99. The lowest BCUT2D eigenvalue weighted by Crippen LogP contribution is -2.27. The molecule has 0 atom stereocenters. The average molecular weight is 388 g/mol. The Balaban J connectivity index is 1.66. The number of sulfonamides is 1. The van der Waals surface area contributed by atoms with E-state index in [1.807, 2.05) is 12.1 Å². The van der Waals surface area contributed by atoms with Gasteiger partial charge in [0.2, 0.25) is 0 Å². The normalized spacial score (nSPS) is 14.3. The largest absolute Gasteiger partial charge is 0.336 e. The van der Waals surface area contributed by atoms with Crippen molar-refractivity contribution in [1.29, 1.82) is 0 Å². The lowest BCUT2D eigenvalue weighted by molar-refractivity contribution is 0.252. The van der Waals surface area contributed by atoms with Gasteiger partial charge in [-0.3, -0.25) is 9.62 Å². The zero-order valence-corrected chi connectivity index (χ0v) is 16.3. The van der Waals surface area contributed by atoms with E-state index < -0.39 is 10.0 Å². The van der Waals surface area contributed by atoms with Crippen LogP contribution < -0.4 is 14.9 Å². The van der Waals surface area contributed by atoms with E-state index in [9.17, 15) is 13.2 Å². The molecule has 1 heterocycles. The van der Waals surface area contributed by atoms with Crippen molar-refractivity contribution in [2.45, 2.75) is 37.5 Å². The van der Waals surface area contributed by atoms with Gasteiger partial charge in [-0.2, -0.15) is 0 Å². The summed E-state index contributed by atoms with van der Waals surface area (Å²) in [6.07, 6.45) is 4.53. The highest BCUT2D eigenvalue weighted by Gasteiger charge is 2.22. The molecule has 0 aliphatic carbocycles. The molecule has 2 amide bonds. The van der Waals surface area contributed by atoms with Gasteiger partial charge in [0.05, 0.1) is 4.90 Å². The number of anilines is 2. The van der Waals surface area contributed by atoms with Crippen molar-refractivity contribution in [2.75, 3.05) is 22.7 Å². The Morgan fingerprint density at radius 2 is 1.74 bits per heavy atom. The van der Waals surface area contributed by atoms with Gasteiger partial charge in [0.15, 0.2) is 0 Å². The minimum atomic E-state index is -3.67.